The molecule has 0 radical (unpaired) electrons. The van der Waals surface area contributed by atoms with E-state index < -0.39 is 0 Å². The quantitative estimate of drug-likeness (QED) is 0.523. The molecule has 0 saturated heterocycles. The molecule has 2 aromatic heterocycles. The van der Waals surface area contributed by atoms with Crippen molar-refractivity contribution in [2.24, 2.45) is 0 Å². The second-order valence-electron chi connectivity index (χ2n) is 7.03. The van der Waals surface area contributed by atoms with Gasteiger partial charge in [0, 0.05) is 17.3 Å². The zero-order valence-electron chi connectivity index (χ0n) is 16.3. The first kappa shape index (κ1) is 19.3. The Morgan fingerprint density at radius 2 is 2.03 bits per heavy atom. The smallest absolute Gasteiger partial charge is 0.266 e. The highest BCUT2D eigenvalue weighted by atomic mass is 32.1. The summed E-state index contributed by atoms with van der Waals surface area (Å²) in [6.07, 6.45) is 1.38. The normalized spacial score (nSPS) is 12.3. The first-order valence-electron chi connectivity index (χ1n) is 9.44. The number of aryl methyl sites for hydroxylation is 1. The number of aromatic nitrogens is 2. The van der Waals surface area contributed by atoms with Crippen LogP contribution in [-0.2, 0) is 6.54 Å². The lowest BCUT2D eigenvalue weighted by Gasteiger charge is -2.07. The van der Waals surface area contributed by atoms with Crippen LogP contribution in [-0.4, -0.2) is 22.3 Å². The van der Waals surface area contributed by atoms with Crippen LogP contribution in [0.1, 0.15) is 20.8 Å². The number of carbonyl (C=O) groups excluding carboxylic acids is 1. The van der Waals surface area contributed by atoms with Crippen molar-refractivity contribution < 1.29 is 18.7 Å². The van der Waals surface area contributed by atoms with Crippen LogP contribution in [0.5, 0.6) is 11.5 Å². The Balaban J connectivity index is 1.47. The number of hydrogen-bond acceptors (Lipinski definition) is 6. The summed E-state index contributed by atoms with van der Waals surface area (Å²) in [5, 5.41) is 3.18. The molecule has 1 N–H and O–H groups in total. The molecule has 7 nitrogen and oxygen atoms in total. The number of fused-ring (bicyclic) bond motifs is 2. The predicted molar refractivity (Wildman–Crippen MR) is 115 cm³/mol. The van der Waals surface area contributed by atoms with Gasteiger partial charge >= 0.3 is 0 Å². The Morgan fingerprint density at radius 1 is 1.23 bits per heavy atom. The highest BCUT2D eigenvalue weighted by Gasteiger charge is 2.21. The van der Waals surface area contributed by atoms with Gasteiger partial charge in [0.25, 0.3) is 11.5 Å². The van der Waals surface area contributed by atoms with E-state index in [9.17, 15) is 14.0 Å². The average Bonchev–Trinajstić information content (AvgIpc) is 3.36. The van der Waals surface area contributed by atoms with Gasteiger partial charge in [-0.15, -0.1) is 11.3 Å². The van der Waals surface area contributed by atoms with E-state index in [4.69, 9.17) is 9.47 Å². The van der Waals surface area contributed by atoms with Crippen molar-refractivity contribution in [3.05, 3.63) is 81.0 Å². The van der Waals surface area contributed by atoms with E-state index in [1.165, 1.54) is 17.0 Å². The van der Waals surface area contributed by atoms with Gasteiger partial charge in [0.2, 0.25) is 6.79 Å². The SMILES string of the molecule is Cc1c(C(=O)Nc2ccc3c(c2)OCO3)sc2ncn(Cc3ccccc3F)c(=O)c12. The third-order valence-electron chi connectivity index (χ3n) is 5.05. The minimum absolute atomic E-state index is 0.0580. The summed E-state index contributed by atoms with van der Waals surface area (Å²) in [4.78, 5) is 31.1. The van der Waals surface area contributed by atoms with E-state index in [1.807, 2.05) is 0 Å². The molecule has 1 aliphatic rings. The number of ether oxygens (including phenoxy) is 2. The summed E-state index contributed by atoms with van der Waals surface area (Å²) in [5.41, 5.74) is 1.16. The van der Waals surface area contributed by atoms with Gasteiger partial charge in [0.05, 0.1) is 23.1 Å². The molecular formula is C22H16FN3O4S. The fraction of sp³-hybridized carbons (Fsp3) is 0.136. The van der Waals surface area contributed by atoms with Crippen LogP contribution < -0.4 is 20.3 Å². The number of rotatable bonds is 4. The van der Waals surface area contributed by atoms with Gasteiger partial charge in [-0.25, -0.2) is 9.37 Å². The predicted octanol–water partition coefficient (Wildman–Crippen LogP) is 3.93. The van der Waals surface area contributed by atoms with E-state index in [0.29, 0.717) is 43.4 Å². The second kappa shape index (κ2) is 7.51. The minimum Gasteiger partial charge on any atom is -0.454 e. The van der Waals surface area contributed by atoms with Crippen molar-refractivity contribution >= 4 is 33.1 Å². The molecule has 0 aliphatic carbocycles. The van der Waals surface area contributed by atoms with Crippen LogP contribution in [0.3, 0.4) is 0 Å². The number of hydrogen-bond donors (Lipinski definition) is 1. The van der Waals surface area contributed by atoms with Crippen molar-refractivity contribution in [3.8, 4) is 11.5 Å². The van der Waals surface area contributed by atoms with E-state index in [0.717, 1.165) is 11.3 Å². The van der Waals surface area contributed by atoms with Gasteiger partial charge in [-0.1, -0.05) is 18.2 Å². The number of amides is 1. The van der Waals surface area contributed by atoms with Crippen molar-refractivity contribution in [1.29, 1.82) is 0 Å². The Hall–Kier alpha value is -3.72. The lowest BCUT2D eigenvalue weighted by molar-refractivity contribution is 0.103. The maximum Gasteiger partial charge on any atom is 0.266 e. The number of anilines is 1. The fourth-order valence-electron chi connectivity index (χ4n) is 3.46. The molecule has 2 aromatic carbocycles. The topological polar surface area (TPSA) is 82.4 Å². The lowest BCUT2D eigenvalue weighted by atomic mass is 10.2. The third-order valence-corrected chi connectivity index (χ3v) is 6.25. The van der Waals surface area contributed by atoms with E-state index in [-0.39, 0.29) is 30.6 Å². The van der Waals surface area contributed by atoms with Crippen molar-refractivity contribution in [2.45, 2.75) is 13.5 Å². The Labute approximate surface area is 179 Å². The van der Waals surface area contributed by atoms with Crippen molar-refractivity contribution in [1.82, 2.24) is 9.55 Å². The molecule has 5 rings (SSSR count). The molecule has 156 valence electrons. The van der Waals surface area contributed by atoms with E-state index >= 15 is 0 Å². The first-order chi connectivity index (χ1) is 15.0. The third kappa shape index (κ3) is 3.42. The van der Waals surface area contributed by atoms with Gasteiger partial charge in [0.15, 0.2) is 11.5 Å². The molecule has 0 fully saturated rings. The highest BCUT2D eigenvalue weighted by Crippen LogP contribution is 2.35. The lowest BCUT2D eigenvalue weighted by Crippen LogP contribution is -2.21. The summed E-state index contributed by atoms with van der Waals surface area (Å²) in [7, 11) is 0. The van der Waals surface area contributed by atoms with Gasteiger partial charge in [-0.05, 0) is 30.7 Å². The van der Waals surface area contributed by atoms with Crippen molar-refractivity contribution in [2.75, 3.05) is 12.1 Å². The zero-order valence-corrected chi connectivity index (χ0v) is 17.2. The first-order valence-corrected chi connectivity index (χ1v) is 10.3. The van der Waals surface area contributed by atoms with Crippen LogP contribution in [0.25, 0.3) is 10.2 Å². The molecule has 4 aromatic rings. The molecule has 0 saturated carbocycles. The second-order valence-corrected chi connectivity index (χ2v) is 8.03. The molecule has 0 unspecified atom stereocenters. The number of benzene rings is 2. The summed E-state index contributed by atoms with van der Waals surface area (Å²) in [6, 6.07) is 11.4. The van der Waals surface area contributed by atoms with Crippen LogP contribution in [0, 0.1) is 12.7 Å². The van der Waals surface area contributed by atoms with Crippen LogP contribution in [0.15, 0.2) is 53.6 Å². The molecule has 0 spiro atoms. The summed E-state index contributed by atoms with van der Waals surface area (Å²) in [5.74, 6) is 0.443. The molecular weight excluding hydrogens is 421 g/mol. The van der Waals surface area contributed by atoms with Gasteiger partial charge in [-0.2, -0.15) is 0 Å². The minimum atomic E-state index is -0.389. The number of nitrogens with one attached hydrogen (secondary N) is 1. The van der Waals surface area contributed by atoms with Crippen LogP contribution in [0.2, 0.25) is 0 Å². The standard InChI is InChI=1S/C22H16FN3O4S/c1-12-18-21(24-10-26(22(18)28)9-13-4-2-3-5-15(13)23)31-19(12)20(27)25-14-6-7-16-17(8-14)30-11-29-16/h2-8,10H,9,11H2,1H3,(H,25,27). The summed E-state index contributed by atoms with van der Waals surface area (Å²) in [6.45, 7) is 1.92. The molecule has 1 aliphatic heterocycles. The van der Waals surface area contributed by atoms with E-state index in [2.05, 4.69) is 10.3 Å². The van der Waals surface area contributed by atoms with Crippen LogP contribution in [0.4, 0.5) is 10.1 Å². The number of thiophene rings is 1. The Kier molecular flexibility index (Phi) is 4.67. The molecule has 0 bridgehead atoms. The zero-order chi connectivity index (χ0) is 21.5. The van der Waals surface area contributed by atoms with Gasteiger partial charge in [-0.3, -0.25) is 14.2 Å². The maximum absolute atomic E-state index is 14.0. The Bertz CT molecular complexity index is 1400. The molecule has 31 heavy (non-hydrogen) atoms. The summed E-state index contributed by atoms with van der Waals surface area (Å²) < 4.78 is 26.0. The van der Waals surface area contributed by atoms with Crippen LogP contribution >= 0.6 is 11.3 Å². The number of halogens is 1. The Morgan fingerprint density at radius 3 is 2.87 bits per heavy atom. The van der Waals surface area contributed by atoms with Gasteiger partial charge in [0.1, 0.15) is 10.6 Å². The van der Waals surface area contributed by atoms with E-state index in [1.54, 1.807) is 43.3 Å². The number of carbonyl (C=O) groups is 1. The summed E-state index contributed by atoms with van der Waals surface area (Å²) >= 11 is 1.14. The maximum atomic E-state index is 14.0. The molecule has 0 atom stereocenters. The fourth-order valence-corrected chi connectivity index (χ4v) is 4.50. The molecule has 3 heterocycles. The molecule has 9 heteroatoms. The highest BCUT2D eigenvalue weighted by molar-refractivity contribution is 7.20. The largest absolute Gasteiger partial charge is 0.454 e. The number of nitrogens with zero attached hydrogens (tertiary/aromatic N) is 2. The van der Waals surface area contributed by atoms with Gasteiger partial charge < -0.3 is 14.8 Å². The average molecular weight is 437 g/mol. The molecule has 1 amide bonds. The van der Waals surface area contributed by atoms with Crippen molar-refractivity contribution in [3.63, 3.8) is 0 Å². The monoisotopic (exact) mass is 437 g/mol.